The number of benzene rings is 1. The molecule has 20 heavy (non-hydrogen) atoms. The molecule has 0 unspecified atom stereocenters. The molecule has 0 atom stereocenters. The summed E-state index contributed by atoms with van der Waals surface area (Å²) in [7, 11) is 0. The van der Waals surface area contributed by atoms with E-state index < -0.39 is 0 Å². The normalized spacial score (nSPS) is 10.8. The summed E-state index contributed by atoms with van der Waals surface area (Å²) in [6, 6.07) is 10.9. The molecular weight excluding hydrogens is 272 g/mol. The third-order valence-corrected chi connectivity index (χ3v) is 3.95. The van der Waals surface area contributed by atoms with Gasteiger partial charge >= 0.3 is 0 Å². The summed E-state index contributed by atoms with van der Waals surface area (Å²) in [6.07, 6.45) is 1.81. The van der Waals surface area contributed by atoms with Gasteiger partial charge in [-0.3, -0.25) is 14.2 Å². The molecule has 2 aromatic heterocycles. The summed E-state index contributed by atoms with van der Waals surface area (Å²) in [5, 5.41) is 2.46. The number of aromatic nitrogens is 2. The maximum Gasteiger partial charge on any atom is 0.262 e. The lowest BCUT2D eigenvalue weighted by Gasteiger charge is -2.04. The Morgan fingerprint density at radius 3 is 2.80 bits per heavy atom. The second-order valence-corrected chi connectivity index (χ2v) is 5.32. The van der Waals surface area contributed by atoms with E-state index >= 15 is 0 Å². The molecule has 1 aromatic carbocycles. The Morgan fingerprint density at radius 1 is 1.20 bits per heavy atom. The predicted molar refractivity (Wildman–Crippen MR) is 79.3 cm³/mol. The van der Waals surface area contributed by atoms with Crippen molar-refractivity contribution in [1.82, 2.24) is 9.55 Å². The summed E-state index contributed by atoms with van der Waals surface area (Å²) < 4.78 is 1.50. The fourth-order valence-corrected chi connectivity index (χ4v) is 2.77. The lowest BCUT2D eigenvalue weighted by atomic mass is 10.1. The van der Waals surface area contributed by atoms with Gasteiger partial charge in [-0.2, -0.15) is 0 Å². The van der Waals surface area contributed by atoms with E-state index in [2.05, 4.69) is 4.98 Å². The summed E-state index contributed by atoms with van der Waals surface area (Å²) in [4.78, 5) is 29.1. The predicted octanol–water partition coefficient (Wildman–Crippen LogP) is 2.73. The maximum absolute atomic E-state index is 12.2. The number of hydrogen-bond acceptors (Lipinski definition) is 4. The van der Waals surface area contributed by atoms with Crippen molar-refractivity contribution in [2.75, 3.05) is 0 Å². The van der Waals surface area contributed by atoms with E-state index in [4.69, 9.17) is 0 Å². The first-order chi connectivity index (χ1) is 9.75. The molecule has 0 aliphatic carbocycles. The highest BCUT2D eigenvalue weighted by molar-refractivity contribution is 7.16. The molecule has 0 aliphatic heterocycles. The standard InChI is InChI=1S/C15H12N2O2S/c18-13(11-4-2-1-3-5-11)6-8-17-10-16-14-12(15(17)19)7-9-20-14/h1-5,7,9-10H,6,8H2. The van der Waals surface area contributed by atoms with Crippen LogP contribution in [0.3, 0.4) is 0 Å². The molecule has 0 spiro atoms. The monoisotopic (exact) mass is 284 g/mol. The van der Waals surface area contributed by atoms with Crippen LogP contribution in [0.4, 0.5) is 0 Å². The van der Waals surface area contributed by atoms with E-state index in [1.165, 1.54) is 22.2 Å². The SMILES string of the molecule is O=C(CCn1cnc2sccc2c1=O)c1ccccc1. The van der Waals surface area contributed by atoms with Crippen LogP contribution in [0.15, 0.2) is 52.9 Å². The molecule has 0 bridgehead atoms. The number of rotatable bonds is 4. The van der Waals surface area contributed by atoms with Crippen molar-refractivity contribution in [3.05, 3.63) is 64.0 Å². The number of ketones is 1. The number of carbonyl (C=O) groups excluding carboxylic acids is 1. The molecule has 100 valence electrons. The average molecular weight is 284 g/mol. The second kappa shape index (κ2) is 5.38. The molecule has 0 fully saturated rings. The molecule has 3 aromatic rings. The van der Waals surface area contributed by atoms with Gasteiger partial charge in [0.2, 0.25) is 0 Å². The Hall–Kier alpha value is -2.27. The van der Waals surface area contributed by atoms with E-state index in [0.717, 1.165) is 4.83 Å². The molecule has 0 N–H and O–H groups in total. The fourth-order valence-electron chi connectivity index (χ4n) is 2.04. The Labute approximate surface area is 119 Å². The first-order valence-electron chi connectivity index (χ1n) is 6.26. The molecule has 0 saturated carbocycles. The first-order valence-corrected chi connectivity index (χ1v) is 7.14. The molecule has 0 radical (unpaired) electrons. The van der Waals surface area contributed by atoms with Crippen LogP contribution in [0.25, 0.3) is 10.2 Å². The molecule has 4 nitrogen and oxygen atoms in total. The lowest BCUT2D eigenvalue weighted by molar-refractivity contribution is 0.0976. The number of carbonyl (C=O) groups is 1. The molecule has 0 aliphatic rings. The number of Topliss-reactive ketones (excluding diaryl/α,β-unsaturated/α-hetero) is 1. The summed E-state index contributed by atoms with van der Waals surface area (Å²) in [5.74, 6) is 0.0305. The number of aryl methyl sites for hydroxylation is 1. The highest BCUT2D eigenvalue weighted by Gasteiger charge is 2.08. The summed E-state index contributed by atoms with van der Waals surface area (Å²) in [5.41, 5.74) is 0.585. The third-order valence-electron chi connectivity index (χ3n) is 3.13. The minimum atomic E-state index is -0.0860. The second-order valence-electron chi connectivity index (χ2n) is 4.42. The van der Waals surface area contributed by atoms with Crippen LogP contribution in [0.2, 0.25) is 0 Å². The summed E-state index contributed by atoms with van der Waals surface area (Å²) in [6.45, 7) is 0.353. The molecule has 3 rings (SSSR count). The van der Waals surface area contributed by atoms with Crippen LogP contribution in [0.5, 0.6) is 0 Å². The zero-order chi connectivity index (χ0) is 13.9. The third kappa shape index (κ3) is 2.40. The van der Waals surface area contributed by atoms with Gasteiger partial charge in [-0.25, -0.2) is 4.98 Å². The van der Waals surface area contributed by atoms with Crippen LogP contribution in [0, 0.1) is 0 Å². The Morgan fingerprint density at radius 2 is 2.00 bits per heavy atom. The molecule has 0 amide bonds. The van der Waals surface area contributed by atoms with Crippen LogP contribution < -0.4 is 5.56 Å². The van der Waals surface area contributed by atoms with Crippen molar-refractivity contribution in [1.29, 1.82) is 0 Å². The van der Waals surface area contributed by atoms with E-state index in [1.807, 2.05) is 23.6 Å². The quantitative estimate of drug-likeness (QED) is 0.692. The van der Waals surface area contributed by atoms with Crippen molar-refractivity contribution >= 4 is 27.3 Å². The first kappa shape index (κ1) is 12.7. The maximum atomic E-state index is 12.2. The lowest BCUT2D eigenvalue weighted by Crippen LogP contribution is -2.21. The number of nitrogens with zero attached hydrogens (tertiary/aromatic N) is 2. The number of thiophene rings is 1. The zero-order valence-corrected chi connectivity index (χ0v) is 11.5. The van der Waals surface area contributed by atoms with Crippen LogP contribution in [-0.2, 0) is 6.54 Å². The Balaban J connectivity index is 1.79. The topological polar surface area (TPSA) is 52.0 Å². The van der Waals surface area contributed by atoms with Crippen molar-refractivity contribution in [3.63, 3.8) is 0 Å². The van der Waals surface area contributed by atoms with E-state index in [0.29, 0.717) is 23.9 Å². The van der Waals surface area contributed by atoms with Gasteiger partial charge in [0.15, 0.2) is 5.78 Å². The van der Waals surface area contributed by atoms with Crippen LogP contribution in [0.1, 0.15) is 16.8 Å². The molecule has 2 heterocycles. The minimum absolute atomic E-state index is 0.0305. The fraction of sp³-hybridized carbons (Fsp3) is 0.133. The summed E-state index contributed by atoms with van der Waals surface area (Å²) >= 11 is 1.44. The van der Waals surface area contributed by atoms with Gasteiger partial charge in [-0.05, 0) is 11.4 Å². The van der Waals surface area contributed by atoms with Gasteiger partial charge in [-0.15, -0.1) is 11.3 Å². The molecule has 5 heteroatoms. The van der Waals surface area contributed by atoms with E-state index in [9.17, 15) is 9.59 Å². The minimum Gasteiger partial charge on any atom is -0.298 e. The van der Waals surface area contributed by atoms with Gasteiger partial charge in [0.05, 0.1) is 11.7 Å². The smallest absolute Gasteiger partial charge is 0.262 e. The Bertz CT molecular complexity index is 805. The van der Waals surface area contributed by atoms with Gasteiger partial charge in [-0.1, -0.05) is 30.3 Å². The van der Waals surface area contributed by atoms with Crippen molar-refractivity contribution in [2.24, 2.45) is 0 Å². The number of fused-ring (bicyclic) bond motifs is 1. The van der Waals surface area contributed by atoms with Gasteiger partial charge < -0.3 is 0 Å². The van der Waals surface area contributed by atoms with E-state index in [-0.39, 0.29) is 11.3 Å². The van der Waals surface area contributed by atoms with Gasteiger partial charge in [0.1, 0.15) is 4.83 Å². The highest BCUT2D eigenvalue weighted by Crippen LogP contribution is 2.13. The Kier molecular flexibility index (Phi) is 3.43. The van der Waals surface area contributed by atoms with Gasteiger partial charge in [0.25, 0.3) is 5.56 Å². The number of hydrogen-bond donors (Lipinski definition) is 0. The largest absolute Gasteiger partial charge is 0.298 e. The van der Waals surface area contributed by atoms with Crippen molar-refractivity contribution in [3.8, 4) is 0 Å². The molecular formula is C15H12N2O2S. The van der Waals surface area contributed by atoms with E-state index in [1.54, 1.807) is 18.2 Å². The van der Waals surface area contributed by atoms with Gasteiger partial charge in [0, 0.05) is 18.5 Å². The van der Waals surface area contributed by atoms with Crippen molar-refractivity contribution < 1.29 is 4.79 Å². The van der Waals surface area contributed by atoms with Crippen molar-refractivity contribution in [2.45, 2.75) is 13.0 Å². The van der Waals surface area contributed by atoms with Crippen LogP contribution in [-0.4, -0.2) is 15.3 Å². The molecule has 0 saturated heterocycles. The van der Waals surface area contributed by atoms with Crippen LogP contribution >= 0.6 is 11.3 Å². The highest BCUT2D eigenvalue weighted by atomic mass is 32.1. The zero-order valence-electron chi connectivity index (χ0n) is 10.7. The average Bonchev–Trinajstić information content (AvgIpc) is 2.96.